The minimum atomic E-state index is -0.244. The van der Waals surface area contributed by atoms with Crippen LogP contribution in [0.5, 0.6) is 0 Å². The van der Waals surface area contributed by atoms with E-state index in [1.807, 2.05) is 36.5 Å². The molecule has 0 saturated heterocycles. The second kappa shape index (κ2) is 7.19. The SMILES string of the molecule is CC(=O)c1ccn(CC2CC(NC(=O)c3cc(-c4ccccc4)no3)C2)n1. The van der Waals surface area contributed by atoms with Crippen LogP contribution in [0.3, 0.4) is 0 Å². The molecule has 0 unspecified atom stereocenters. The van der Waals surface area contributed by atoms with Gasteiger partial charge in [-0.1, -0.05) is 35.5 Å². The molecule has 0 spiro atoms. The quantitative estimate of drug-likeness (QED) is 0.679. The van der Waals surface area contributed by atoms with E-state index in [9.17, 15) is 9.59 Å². The van der Waals surface area contributed by atoms with Gasteiger partial charge in [0.25, 0.3) is 5.91 Å². The Bertz CT molecular complexity index is 955. The molecule has 0 radical (unpaired) electrons. The number of benzene rings is 1. The van der Waals surface area contributed by atoms with Crippen LogP contribution in [0.2, 0.25) is 0 Å². The molecule has 0 atom stereocenters. The number of nitrogens with zero attached hydrogens (tertiary/aromatic N) is 3. The van der Waals surface area contributed by atoms with Gasteiger partial charge in [0.1, 0.15) is 11.4 Å². The van der Waals surface area contributed by atoms with Crippen molar-refractivity contribution < 1.29 is 14.1 Å². The molecule has 27 heavy (non-hydrogen) atoms. The zero-order chi connectivity index (χ0) is 18.8. The number of hydrogen-bond donors (Lipinski definition) is 1. The lowest BCUT2D eigenvalue weighted by Gasteiger charge is -2.35. The standard InChI is InChI=1S/C20H20N4O3/c1-13(25)17-7-8-24(22-17)12-14-9-16(10-14)21-20(26)19-11-18(23-27-19)15-5-3-2-4-6-15/h2-8,11,14,16H,9-10,12H2,1H3,(H,21,26). The van der Waals surface area contributed by atoms with E-state index in [2.05, 4.69) is 15.6 Å². The molecule has 1 saturated carbocycles. The highest BCUT2D eigenvalue weighted by Gasteiger charge is 2.31. The van der Waals surface area contributed by atoms with E-state index in [1.54, 1.807) is 16.8 Å². The van der Waals surface area contributed by atoms with Gasteiger partial charge in [-0.05, 0) is 24.8 Å². The molecule has 1 amide bonds. The third kappa shape index (κ3) is 3.81. The van der Waals surface area contributed by atoms with Crippen LogP contribution in [0.4, 0.5) is 0 Å². The lowest BCUT2D eigenvalue weighted by Crippen LogP contribution is -2.45. The fourth-order valence-corrected chi connectivity index (χ4v) is 3.30. The Labute approximate surface area is 156 Å². The zero-order valence-corrected chi connectivity index (χ0v) is 15.0. The highest BCUT2D eigenvalue weighted by molar-refractivity contribution is 5.92. The van der Waals surface area contributed by atoms with E-state index in [1.165, 1.54) is 6.92 Å². The van der Waals surface area contributed by atoms with Crippen LogP contribution in [-0.4, -0.2) is 32.7 Å². The molecule has 1 N–H and O–H groups in total. The summed E-state index contributed by atoms with van der Waals surface area (Å²) in [5.74, 6) is 0.376. The maximum Gasteiger partial charge on any atom is 0.290 e. The largest absolute Gasteiger partial charge is 0.350 e. The fourth-order valence-electron chi connectivity index (χ4n) is 3.30. The summed E-state index contributed by atoms with van der Waals surface area (Å²) in [6, 6.07) is 13.1. The second-order valence-electron chi connectivity index (χ2n) is 6.93. The van der Waals surface area contributed by atoms with Crippen LogP contribution < -0.4 is 5.32 Å². The van der Waals surface area contributed by atoms with E-state index < -0.39 is 0 Å². The van der Waals surface area contributed by atoms with Crippen molar-refractivity contribution in [2.45, 2.75) is 32.4 Å². The summed E-state index contributed by atoms with van der Waals surface area (Å²) < 4.78 is 6.98. The van der Waals surface area contributed by atoms with Gasteiger partial charge in [-0.3, -0.25) is 14.3 Å². The van der Waals surface area contributed by atoms with E-state index >= 15 is 0 Å². The molecule has 1 aliphatic carbocycles. The molecule has 3 aromatic rings. The lowest BCUT2D eigenvalue weighted by molar-refractivity contribution is 0.0841. The van der Waals surface area contributed by atoms with E-state index in [0.29, 0.717) is 17.3 Å². The minimum absolute atomic E-state index is 0.0329. The molecule has 2 heterocycles. The maximum atomic E-state index is 12.3. The minimum Gasteiger partial charge on any atom is -0.350 e. The van der Waals surface area contributed by atoms with E-state index in [0.717, 1.165) is 24.9 Å². The molecule has 0 bridgehead atoms. The molecule has 7 nitrogen and oxygen atoms in total. The molecule has 138 valence electrons. The maximum absolute atomic E-state index is 12.3. The summed E-state index contributed by atoms with van der Waals surface area (Å²) in [5.41, 5.74) is 2.04. The van der Waals surface area contributed by atoms with Gasteiger partial charge in [0.2, 0.25) is 5.76 Å². The van der Waals surface area contributed by atoms with Crippen molar-refractivity contribution in [2.75, 3.05) is 0 Å². The van der Waals surface area contributed by atoms with E-state index in [4.69, 9.17) is 4.52 Å². The molecule has 1 aliphatic rings. The summed E-state index contributed by atoms with van der Waals surface area (Å²) in [6.07, 6.45) is 3.57. The third-order valence-corrected chi connectivity index (χ3v) is 4.82. The first kappa shape index (κ1) is 17.2. The Morgan fingerprint density at radius 3 is 2.70 bits per heavy atom. The van der Waals surface area contributed by atoms with Crippen LogP contribution >= 0.6 is 0 Å². The molecule has 1 aromatic carbocycles. The van der Waals surface area contributed by atoms with Gasteiger partial charge >= 0.3 is 0 Å². The molecule has 1 fully saturated rings. The van der Waals surface area contributed by atoms with Crippen molar-refractivity contribution in [1.82, 2.24) is 20.3 Å². The van der Waals surface area contributed by atoms with Gasteiger partial charge in [0.15, 0.2) is 5.78 Å². The smallest absolute Gasteiger partial charge is 0.290 e. The predicted molar refractivity (Wildman–Crippen MR) is 98.1 cm³/mol. The summed E-state index contributed by atoms with van der Waals surface area (Å²) in [5, 5.41) is 11.2. The Morgan fingerprint density at radius 1 is 1.22 bits per heavy atom. The number of amides is 1. The number of Topliss-reactive ketones (excluding diaryl/α,β-unsaturated/α-hetero) is 1. The van der Waals surface area contributed by atoms with E-state index in [-0.39, 0.29) is 23.5 Å². The average molecular weight is 364 g/mol. The first-order valence-corrected chi connectivity index (χ1v) is 8.96. The molecule has 0 aliphatic heterocycles. The number of nitrogens with one attached hydrogen (secondary N) is 1. The Kier molecular flexibility index (Phi) is 4.58. The monoisotopic (exact) mass is 364 g/mol. The number of ketones is 1. The number of carbonyl (C=O) groups is 2. The first-order valence-electron chi connectivity index (χ1n) is 8.96. The summed E-state index contributed by atoms with van der Waals surface area (Å²) in [6.45, 7) is 2.26. The van der Waals surface area contributed by atoms with Gasteiger partial charge in [-0.25, -0.2) is 0 Å². The van der Waals surface area contributed by atoms with Crippen LogP contribution in [0, 0.1) is 5.92 Å². The van der Waals surface area contributed by atoms with Crippen molar-refractivity contribution in [2.24, 2.45) is 5.92 Å². The van der Waals surface area contributed by atoms with Crippen LogP contribution in [0.1, 0.15) is 40.8 Å². The highest BCUT2D eigenvalue weighted by Crippen LogP contribution is 2.29. The lowest BCUT2D eigenvalue weighted by atomic mass is 9.80. The number of carbonyl (C=O) groups excluding carboxylic acids is 2. The predicted octanol–water partition coefficient (Wildman–Crippen LogP) is 2.95. The van der Waals surface area contributed by atoms with Gasteiger partial charge in [0, 0.05) is 37.3 Å². The summed E-state index contributed by atoms with van der Waals surface area (Å²) in [7, 11) is 0. The molecule has 2 aromatic heterocycles. The zero-order valence-electron chi connectivity index (χ0n) is 15.0. The average Bonchev–Trinajstić information content (AvgIpc) is 3.30. The van der Waals surface area contributed by atoms with Crippen LogP contribution in [0.25, 0.3) is 11.3 Å². The van der Waals surface area contributed by atoms with Crippen LogP contribution in [0.15, 0.2) is 53.2 Å². The third-order valence-electron chi connectivity index (χ3n) is 4.82. The Morgan fingerprint density at radius 2 is 2.00 bits per heavy atom. The van der Waals surface area contributed by atoms with Crippen molar-refractivity contribution in [3.05, 3.63) is 60.1 Å². The van der Waals surface area contributed by atoms with Crippen molar-refractivity contribution in [1.29, 1.82) is 0 Å². The van der Waals surface area contributed by atoms with Gasteiger partial charge in [0.05, 0.1) is 0 Å². The van der Waals surface area contributed by atoms with Crippen LogP contribution in [-0.2, 0) is 6.54 Å². The van der Waals surface area contributed by atoms with Gasteiger partial charge < -0.3 is 9.84 Å². The van der Waals surface area contributed by atoms with Gasteiger partial charge in [-0.2, -0.15) is 5.10 Å². The number of rotatable bonds is 6. The summed E-state index contributed by atoms with van der Waals surface area (Å²) in [4.78, 5) is 23.6. The van der Waals surface area contributed by atoms with Gasteiger partial charge in [-0.15, -0.1) is 0 Å². The Hall–Kier alpha value is -3.22. The summed E-state index contributed by atoms with van der Waals surface area (Å²) >= 11 is 0. The molecular formula is C20H20N4O3. The molecule has 4 rings (SSSR count). The van der Waals surface area contributed by atoms with Crippen molar-refractivity contribution in [3.8, 4) is 11.3 Å². The normalized spacial score (nSPS) is 18.7. The van der Waals surface area contributed by atoms with Crippen molar-refractivity contribution in [3.63, 3.8) is 0 Å². The molecular weight excluding hydrogens is 344 g/mol. The Balaban J connectivity index is 1.28. The second-order valence-corrected chi connectivity index (χ2v) is 6.93. The first-order chi connectivity index (χ1) is 13.1. The number of aromatic nitrogens is 3. The fraction of sp³-hybridized carbons (Fsp3) is 0.300. The highest BCUT2D eigenvalue weighted by atomic mass is 16.5. The van der Waals surface area contributed by atoms with Crippen molar-refractivity contribution >= 4 is 11.7 Å². The molecule has 7 heteroatoms. The number of hydrogen-bond acceptors (Lipinski definition) is 5. The topological polar surface area (TPSA) is 90.0 Å².